The maximum Gasteiger partial charge on any atom is 0.144 e. The molecule has 172 valence electrons. The van der Waals surface area contributed by atoms with Gasteiger partial charge in [-0.15, -0.1) is 0 Å². The third-order valence-corrected chi connectivity index (χ3v) is 7.28. The Morgan fingerprint density at radius 2 is 1.85 bits per heavy atom. The zero-order valence-corrected chi connectivity index (χ0v) is 19.3. The molecule has 5 heteroatoms. The summed E-state index contributed by atoms with van der Waals surface area (Å²) in [6, 6.07) is 23.3. The molecular weight excluding hydrogens is 422 g/mol. The molecule has 1 aromatic heterocycles. The highest BCUT2D eigenvalue weighted by Crippen LogP contribution is 2.34. The van der Waals surface area contributed by atoms with Gasteiger partial charge in [-0.05, 0) is 60.2 Å². The van der Waals surface area contributed by atoms with Gasteiger partial charge >= 0.3 is 0 Å². The first kappa shape index (κ1) is 21.1. The molecule has 1 saturated heterocycles. The minimum Gasteiger partial charge on any atom is -0.378 e. The van der Waals surface area contributed by atoms with E-state index in [0.717, 1.165) is 73.3 Å². The summed E-state index contributed by atoms with van der Waals surface area (Å²) < 4.78 is 5.47. The number of anilines is 1. The molecule has 1 N–H and O–H groups in total. The minimum atomic E-state index is 0.0113. The summed E-state index contributed by atoms with van der Waals surface area (Å²) in [5.41, 5.74) is 7.82. The van der Waals surface area contributed by atoms with Crippen LogP contribution in [0.15, 0.2) is 66.7 Å². The highest BCUT2D eigenvalue weighted by Gasteiger charge is 2.26. The van der Waals surface area contributed by atoms with Gasteiger partial charge in [-0.25, -0.2) is 0 Å². The second-order valence-corrected chi connectivity index (χ2v) is 9.39. The molecule has 0 spiro atoms. The van der Waals surface area contributed by atoms with Crippen molar-refractivity contribution in [3.63, 3.8) is 0 Å². The van der Waals surface area contributed by atoms with Gasteiger partial charge in [0.05, 0.1) is 24.4 Å². The fourth-order valence-electron chi connectivity index (χ4n) is 5.46. The number of carbonyl (C=O) groups is 1. The fraction of sp³-hybridized carbons (Fsp3) is 0.310. The van der Waals surface area contributed by atoms with Crippen molar-refractivity contribution in [2.75, 3.05) is 31.2 Å². The average molecular weight is 452 g/mol. The summed E-state index contributed by atoms with van der Waals surface area (Å²) in [5, 5.41) is 8.83. The molecule has 5 nitrogen and oxygen atoms in total. The number of benzene rings is 3. The van der Waals surface area contributed by atoms with E-state index >= 15 is 0 Å². The highest BCUT2D eigenvalue weighted by molar-refractivity contribution is 5.95. The maximum absolute atomic E-state index is 13.3. The van der Waals surface area contributed by atoms with Crippen LogP contribution in [0.4, 0.5) is 5.69 Å². The molecular formula is C29H29N3O2. The number of ketones is 1. The zero-order valence-electron chi connectivity index (χ0n) is 19.3. The van der Waals surface area contributed by atoms with Crippen LogP contribution in [0.1, 0.15) is 35.4 Å². The molecule has 3 aromatic carbocycles. The molecule has 1 unspecified atom stereocenters. The Bertz CT molecular complexity index is 1320. The largest absolute Gasteiger partial charge is 0.378 e. The molecule has 1 aliphatic heterocycles. The molecule has 1 atom stereocenters. The Morgan fingerprint density at radius 1 is 1.03 bits per heavy atom. The lowest BCUT2D eigenvalue weighted by molar-refractivity contribution is -0.120. The number of hydrogen-bond acceptors (Lipinski definition) is 4. The van der Waals surface area contributed by atoms with Gasteiger partial charge in [0.2, 0.25) is 0 Å². The van der Waals surface area contributed by atoms with Crippen LogP contribution in [0.5, 0.6) is 0 Å². The fourth-order valence-corrected chi connectivity index (χ4v) is 5.46. The lowest BCUT2D eigenvalue weighted by atomic mass is 9.79. The topological polar surface area (TPSA) is 58.2 Å². The number of hydrogen-bond donors (Lipinski definition) is 1. The zero-order chi connectivity index (χ0) is 22.9. The number of aryl methyl sites for hydroxylation is 1. The molecule has 4 aromatic rings. The number of aromatic nitrogens is 2. The minimum absolute atomic E-state index is 0.0113. The van der Waals surface area contributed by atoms with Gasteiger partial charge in [0.15, 0.2) is 0 Å². The van der Waals surface area contributed by atoms with E-state index < -0.39 is 0 Å². The van der Waals surface area contributed by atoms with Crippen LogP contribution in [0.3, 0.4) is 0 Å². The predicted octanol–water partition coefficient (Wildman–Crippen LogP) is 5.30. The van der Waals surface area contributed by atoms with Crippen molar-refractivity contribution in [3.05, 3.63) is 83.4 Å². The summed E-state index contributed by atoms with van der Waals surface area (Å²) in [7, 11) is 0. The Kier molecular flexibility index (Phi) is 5.63. The van der Waals surface area contributed by atoms with E-state index in [-0.39, 0.29) is 5.92 Å². The molecule has 1 fully saturated rings. The van der Waals surface area contributed by atoms with Crippen LogP contribution in [0.2, 0.25) is 0 Å². The van der Waals surface area contributed by atoms with E-state index in [1.54, 1.807) is 0 Å². The number of nitrogens with zero attached hydrogens (tertiary/aromatic N) is 2. The van der Waals surface area contributed by atoms with Crippen LogP contribution in [-0.2, 0) is 22.4 Å². The van der Waals surface area contributed by atoms with Crippen molar-refractivity contribution in [2.45, 2.75) is 31.6 Å². The van der Waals surface area contributed by atoms with Crippen molar-refractivity contribution in [3.8, 4) is 11.3 Å². The lowest BCUT2D eigenvalue weighted by Gasteiger charge is -2.28. The molecule has 1 aliphatic carbocycles. The number of H-pyrrole nitrogens is 1. The quantitative estimate of drug-likeness (QED) is 0.447. The van der Waals surface area contributed by atoms with Crippen molar-refractivity contribution in [1.29, 1.82) is 0 Å². The van der Waals surface area contributed by atoms with Crippen molar-refractivity contribution in [1.82, 2.24) is 10.2 Å². The van der Waals surface area contributed by atoms with Gasteiger partial charge in [0.25, 0.3) is 0 Å². The number of rotatable bonds is 5. The molecule has 6 rings (SSSR count). The van der Waals surface area contributed by atoms with Crippen LogP contribution in [0, 0.1) is 0 Å². The molecule has 0 bridgehead atoms. The molecule has 0 saturated carbocycles. The van der Waals surface area contributed by atoms with E-state index in [0.29, 0.717) is 12.2 Å². The summed E-state index contributed by atoms with van der Waals surface area (Å²) in [6.07, 6.45) is 3.56. The predicted molar refractivity (Wildman–Crippen MR) is 135 cm³/mol. The Balaban J connectivity index is 1.25. The number of aromatic amines is 1. The van der Waals surface area contributed by atoms with E-state index in [2.05, 4.69) is 75.8 Å². The van der Waals surface area contributed by atoms with Gasteiger partial charge in [0.1, 0.15) is 5.78 Å². The highest BCUT2D eigenvalue weighted by atomic mass is 16.5. The number of fused-ring (bicyclic) bond motifs is 2. The van der Waals surface area contributed by atoms with Crippen LogP contribution in [-0.4, -0.2) is 42.3 Å². The maximum atomic E-state index is 13.3. The first-order valence-electron chi connectivity index (χ1n) is 12.3. The van der Waals surface area contributed by atoms with Gasteiger partial charge < -0.3 is 9.64 Å². The number of nitrogens with one attached hydrogen (secondary N) is 1. The molecule has 0 amide bonds. The van der Waals surface area contributed by atoms with E-state index in [1.807, 2.05) is 6.07 Å². The number of Topliss-reactive ketones (excluding diaryl/α,β-unsaturated/α-hetero) is 1. The first-order valence-corrected chi connectivity index (χ1v) is 12.3. The second-order valence-electron chi connectivity index (χ2n) is 9.39. The van der Waals surface area contributed by atoms with Crippen molar-refractivity contribution in [2.24, 2.45) is 0 Å². The summed E-state index contributed by atoms with van der Waals surface area (Å²) >= 11 is 0. The van der Waals surface area contributed by atoms with Crippen LogP contribution in [0.25, 0.3) is 22.2 Å². The normalized spacial score (nSPS) is 18.1. The van der Waals surface area contributed by atoms with E-state index in [9.17, 15) is 4.79 Å². The van der Waals surface area contributed by atoms with Crippen LogP contribution < -0.4 is 4.90 Å². The van der Waals surface area contributed by atoms with E-state index in [1.165, 1.54) is 16.8 Å². The number of morpholine rings is 1. The van der Waals surface area contributed by atoms with Crippen molar-refractivity contribution >= 4 is 22.4 Å². The Labute approximate surface area is 199 Å². The lowest BCUT2D eigenvalue weighted by Crippen LogP contribution is -2.36. The van der Waals surface area contributed by atoms with Gasteiger partial charge in [-0.2, -0.15) is 5.10 Å². The number of carbonyl (C=O) groups excluding carboxylic acids is 1. The third-order valence-electron chi connectivity index (χ3n) is 7.28. The second kappa shape index (κ2) is 9.07. The summed E-state index contributed by atoms with van der Waals surface area (Å²) in [5.74, 6) is 0.323. The monoisotopic (exact) mass is 451 g/mol. The van der Waals surface area contributed by atoms with Gasteiger partial charge in [-0.3, -0.25) is 9.89 Å². The first-order chi connectivity index (χ1) is 16.8. The SMILES string of the molecule is O=C(Cc1ccc2[nH]nc(-c3ccc(N4CCOCC4)cc3)c2c1)C1CCCc2ccccc21. The molecule has 0 radical (unpaired) electrons. The Hall–Kier alpha value is -3.44. The molecule has 34 heavy (non-hydrogen) atoms. The standard InChI is InChI=1S/C29H29N3O2/c33-28(25-7-3-5-21-4-1-2-6-24(21)25)19-20-8-13-27-26(18-20)29(31-30-27)22-9-11-23(12-10-22)32-14-16-34-17-15-32/h1-2,4,6,8-13,18,25H,3,5,7,14-17,19H2,(H,30,31). The summed E-state index contributed by atoms with van der Waals surface area (Å²) in [6.45, 7) is 3.40. The Morgan fingerprint density at radius 3 is 2.71 bits per heavy atom. The number of ether oxygens (including phenoxy) is 1. The van der Waals surface area contributed by atoms with E-state index in [4.69, 9.17) is 4.74 Å². The van der Waals surface area contributed by atoms with Crippen molar-refractivity contribution < 1.29 is 9.53 Å². The smallest absolute Gasteiger partial charge is 0.144 e. The van der Waals surface area contributed by atoms with Gasteiger partial charge in [-0.1, -0.05) is 42.5 Å². The molecule has 2 heterocycles. The molecule has 2 aliphatic rings. The average Bonchev–Trinajstić information content (AvgIpc) is 3.32. The third kappa shape index (κ3) is 4.01. The summed E-state index contributed by atoms with van der Waals surface area (Å²) in [4.78, 5) is 15.7. The van der Waals surface area contributed by atoms with Gasteiger partial charge in [0, 0.05) is 42.1 Å². The van der Waals surface area contributed by atoms with Crippen LogP contribution >= 0.6 is 0 Å².